The first-order valence-corrected chi connectivity index (χ1v) is 13.9. The molecule has 2 fully saturated rings. The van der Waals surface area contributed by atoms with Crippen molar-refractivity contribution in [1.82, 2.24) is 15.0 Å². The molecule has 6 rings (SSSR count). The van der Waals surface area contributed by atoms with Crippen molar-refractivity contribution < 1.29 is 27.4 Å². The van der Waals surface area contributed by atoms with E-state index in [-0.39, 0.29) is 35.7 Å². The van der Waals surface area contributed by atoms with Crippen molar-refractivity contribution in [2.45, 2.75) is 69.8 Å². The summed E-state index contributed by atoms with van der Waals surface area (Å²) in [5.74, 6) is 0.292. The van der Waals surface area contributed by atoms with Gasteiger partial charge in [-0.2, -0.15) is 13.2 Å². The fourth-order valence-corrected chi connectivity index (χ4v) is 6.41. The number of methoxy groups -OCH3 is 1. The third-order valence-corrected chi connectivity index (χ3v) is 8.88. The summed E-state index contributed by atoms with van der Waals surface area (Å²) in [6, 6.07) is 8.58. The highest BCUT2D eigenvalue weighted by atomic mass is 19.4. The average molecular weight is 555 g/mol. The minimum Gasteiger partial charge on any atom is -0.384 e. The van der Waals surface area contributed by atoms with Gasteiger partial charge in [0.05, 0.1) is 24.8 Å². The molecule has 2 heterocycles. The highest BCUT2D eigenvalue weighted by molar-refractivity contribution is 6.11. The molecule has 0 unspecified atom stereocenters. The van der Waals surface area contributed by atoms with Gasteiger partial charge in [-0.3, -0.25) is 9.69 Å². The topological polar surface area (TPSA) is 63.3 Å². The number of carbonyl (C=O) groups excluding carboxylic acids is 1. The van der Waals surface area contributed by atoms with Gasteiger partial charge in [-0.05, 0) is 85.3 Å². The van der Waals surface area contributed by atoms with Crippen molar-refractivity contribution in [1.29, 1.82) is 0 Å². The van der Waals surface area contributed by atoms with E-state index < -0.39 is 17.6 Å². The number of hydrogen-bond donors (Lipinski definition) is 1. The number of alkyl halides is 3. The summed E-state index contributed by atoms with van der Waals surface area (Å²) in [4.78, 5) is 15.4. The van der Waals surface area contributed by atoms with E-state index in [1.54, 1.807) is 28.8 Å². The van der Waals surface area contributed by atoms with Gasteiger partial charge in [0.2, 0.25) is 6.33 Å². The van der Waals surface area contributed by atoms with Crippen LogP contribution in [-0.4, -0.2) is 34.8 Å². The van der Waals surface area contributed by atoms with Crippen molar-refractivity contribution in [3.63, 3.8) is 0 Å². The third kappa shape index (κ3) is 4.81. The van der Waals surface area contributed by atoms with Crippen LogP contribution in [0.4, 0.5) is 18.9 Å². The maximum absolute atomic E-state index is 14.3. The average Bonchev–Trinajstić information content (AvgIpc) is 3.45. The maximum atomic E-state index is 14.3. The number of aromatic nitrogens is 3. The van der Waals surface area contributed by atoms with Crippen LogP contribution >= 0.6 is 0 Å². The number of hydrogen-bond acceptors (Lipinski definition) is 4. The van der Waals surface area contributed by atoms with Crippen LogP contribution in [0.15, 0.2) is 43.0 Å². The standard InChI is InChI=1S/C30H35F3N5O2/c1-29(8-5-9-29)34-14-19-12-23-24(25(13-19)30(31,32)33)15-37(28(23)39)26-7-4-6-22(21-10-20(11-21)16-40-3)27(26)38-18-36(2)17-35-38/h4,6-7,12-13,17-18,20-21,34H,5,8-11,14-16H2,1-3H3/q+1/t20-,21-. The largest absolute Gasteiger partial charge is 0.416 e. The van der Waals surface area contributed by atoms with Crippen LogP contribution < -0.4 is 14.9 Å². The molecule has 1 amide bonds. The zero-order valence-corrected chi connectivity index (χ0v) is 23.1. The number of amides is 1. The second-order valence-corrected chi connectivity index (χ2v) is 11.9. The predicted molar refractivity (Wildman–Crippen MR) is 143 cm³/mol. The molecule has 0 saturated heterocycles. The molecule has 0 atom stereocenters. The third-order valence-electron chi connectivity index (χ3n) is 8.88. The Morgan fingerprint density at radius 1 is 1.23 bits per heavy atom. The van der Waals surface area contributed by atoms with E-state index in [0.29, 0.717) is 23.8 Å². The molecule has 3 aliphatic rings. The summed E-state index contributed by atoms with van der Waals surface area (Å²) in [5, 5.41) is 7.91. The van der Waals surface area contributed by atoms with E-state index in [0.717, 1.165) is 43.4 Å². The molecule has 2 aliphatic carbocycles. The first kappa shape index (κ1) is 27.0. The first-order valence-electron chi connectivity index (χ1n) is 13.9. The molecular formula is C30H35F3N5O2+. The number of benzene rings is 2. The van der Waals surface area contributed by atoms with Crippen LogP contribution in [0.2, 0.25) is 0 Å². The molecule has 2 saturated carbocycles. The number of carbonyl (C=O) groups is 1. The Bertz CT molecular complexity index is 1440. The molecule has 7 nitrogen and oxygen atoms in total. The zero-order chi connectivity index (χ0) is 28.2. The summed E-state index contributed by atoms with van der Waals surface area (Å²) in [6.45, 7) is 2.92. The Morgan fingerprint density at radius 3 is 2.62 bits per heavy atom. The molecule has 40 heavy (non-hydrogen) atoms. The summed E-state index contributed by atoms with van der Waals surface area (Å²) < 4.78 is 51.8. The molecule has 0 bridgehead atoms. The number of rotatable bonds is 8. The van der Waals surface area contributed by atoms with Crippen LogP contribution in [0.5, 0.6) is 0 Å². The Morgan fingerprint density at radius 2 is 2.00 bits per heavy atom. The number of nitrogens with one attached hydrogen (secondary N) is 1. The number of anilines is 1. The first-order chi connectivity index (χ1) is 19.1. The number of aryl methyl sites for hydroxylation is 1. The van der Waals surface area contributed by atoms with Gasteiger partial charge in [0.25, 0.3) is 12.2 Å². The van der Waals surface area contributed by atoms with E-state index >= 15 is 0 Å². The summed E-state index contributed by atoms with van der Waals surface area (Å²) in [7, 11) is 3.56. The van der Waals surface area contributed by atoms with E-state index in [1.165, 1.54) is 11.0 Å². The smallest absolute Gasteiger partial charge is 0.384 e. The molecule has 1 N–H and O–H groups in total. The molecule has 0 radical (unpaired) electrons. The molecule has 10 heteroatoms. The quantitative estimate of drug-likeness (QED) is 0.396. The lowest BCUT2D eigenvalue weighted by Crippen LogP contribution is -2.47. The second kappa shape index (κ2) is 9.99. The lowest BCUT2D eigenvalue weighted by molar-refractivity contribution is -0.657. The van der Waals surface area contributed by atoms with Gasteiger partial charge in [-0.15, -0.1) is 0 Å². The van der Waals surface area contributed by atoms with Gasteiger partial charge in [0.1, 0.15) is 0 Å². The zero-order valence-electron chi connectivity index (χ0n) is 23.1. The van der Waals surface area contributed by atoms with Crippen molar-refractivity contribution in [2.75, 3.05) is 18.6 Å². The Kier molecular flexibility index (Phi) is 6.73. The molecule has 1 aromatic heterocycles. The Balaban J connectivity index is 1.39. The van der Waals surface area contributed by atoms with E-state index in [1.807, 2.05) is 31.6 Å². The van der Waals surface area contributed by atoms with Crippen molar-refractivity contribution >= 4 is 11.6 Å². The normalized spacial score (nSPS) is 21.8. The minimum absolute atomic E-state index is 0.0299. The maximum Gasteiger partial charge on any atom is 0.416 e. The summed E-state index contributed by atoms with van der Waals surface area (Å²) in [5.41, 5.74) is 2.16. The van der Waals surface area contributed by atoms with Crippen molar-refractivity contribution in [2.24, 2.45) is 13.0 Å². The number of ether oxygens (including phenoxy) is 1. The number of fused-ring (bicyclic) bond motifs is 1. The fraction of sp³-hybridized carbons (Fsp3) is 0.500. The van der Waals surface area contributed by atoms with Gasteiger partial charge in [0.15, 0.2) is 5.69 Å². The fourth-order valence-electron chi connectivity index (χ4n) is 6.41. The van der Waals surface area contributed by atoms with E-state index in [2.05, 4.69) is 17.3 Å². The minimum atomic E-state index is -4.57. The number of nitrogens with zero attached hydrogens (tertiary/aromatic N) is 4. The van der Waals surface area contributed by atoms with Gasteiger partial charge in [-0.1, -0.05) is 16.8 Å². The SMILES string of the molecule is COC[C@H]1C[C@H](c2cccc(N3Cc4c(cc(CNC5(C)CCC5)cc4C(F)(F)F)C3=O)c2-[n+]2cn(C)cn2)C1. The number of para-hydroxylation sites is 1. The van der Waals surface area contributed by atoms with Crippen molar-refractivity contribution in [3.05, 3.63) is 70.8 Å². The predicted octanol–water partition coefficient (Wildman–Crippen LogP) is 5.05. The van der Waals surface area contributed by atoms with Crippen LogP contribution in [0.1, 0.15) is 77.6 Å². The van der Waals surface area contributed by atoms with Crippen molar-refractivity contribution in [3.8, 4) is 5.69 Å². The summed E-state index contributed by atoms with van der Waals surface area (Å²) >= 11 is 0. The van der Waals surface area contributed by atoms with Gasteiger partial charge < -0.3 is 10.1 Å². The molecule has 212 valence electrons. The second-order valence-electron chi connectivity index (χ2n) is 11.9. The van der Waals surface area contributed by atoms with E-state index in [4.69, 9.17) is 4.74 Å². The van der Waals surface area contributed by atoms with Gasteiger partial charge in [0, 0.05) is 36.9 Å². The lowest BCUT2D eigenvalue weighted by atomic mass is 9.71. The molecular weight excluding hydrogens is 519 g/mol. The van der Waals surface area contributed by atoms with Gasteiger partial charge in [-0.25, -0.2) is 4.57 Å². The molecule has 0 spiro atoms. The van der Waals surface area contributed by atoms with Crippen LogP contribution in [0.3, 0.4) is 0 Å². The van der Waals surface area contributed by atoms with Crippen LogP contribution in [0.25, 0.3) is 5.69 Å². The molecule has 1 aliphatic heterocycles. The Labute approximate surface area is 231 Å². The highest BCUT2D eigenvalue weighted by Gasteiger charge is 2.43. The molecule has 2 aromatic carbocycles. The number of halogens is 3. The lowest BCUT2D eigenvalue weighted by Gasteiger charge is -2.39. The van der Waals surface area contributed by atoms with Gasteiger partial charge >= 0.3 is 6.18 Å². The Hall–Kier alpha value is -3.24. The van der Waals surface area contributed by atoms with E-state index in [9.17, 15) is 18.0 Å². The summed E-state index contributed by atoms with van der Waals surface area (Å²) in [6.07, 6.45) is 3.89. The monoisotopic (exact) mass is 554 g/mol. The van der Waals surface area contributed by atoms with Crippen LogP contribution in [0, 0.1) is 5.92 Å². The van der Waals surface area contributed by atoms with Crippen LogP contribution in [-0.2, 0) is 31.1 Å². The highest BCUT2D eigenvalue weighted by Crippen LogP contribution is 2.46. The molecule has 3 aromatic rings.